The van der Waals surface area contributed by atoms with Crippen LogP contribution in [0.1, 0.15) is 45.1 Å². The zero-order chi connectivity index (χ0) is 26.3. The summed E-state index contributed by atoms with van der Waals surface area (Å²) in [5.41, 5.74) is 5.28. The van der Waals surface area contributed by atoms with Crippen LogP contribution in [0.2, 0.25) is 5.02 Å². The lowest BCUT2D eigenvalue weighted by Gasteiger charge is -2.29. The molecule has 0 saturated carbocycles. The molecule has 3 heterocycles. The van der Waals surface area contributed by atoms with E-state index in [0.29, 0.717) is 21.4 Å². The van der Waals surface area contributed by atoms with Crippen LogP contribution < -0.4 is 10.2 Å². The molecule has 2 aromatic carbocycles. The van der Waals surface area contributed by atoms with Crippen molar-refractivity contribution >= 4 is 40.6 Å². The number of phenols is 1. The summed E-state index contributed by atoms with van der Waals surface area (Å²) >= 11 is 12.1. The number of aryl methyl sites for hydroxylation is 1. The van der Waals surface area contributed by atoms with Crippen molar-refractivity contribution < 1.29 is 14.6 Å². The van der Waals surface area contributed by atoms with Crippen molar-refractivity contribution in [3.63, 3.8) is 0 Å². The number of anilines is 1. The minimum atomic E-state index is -0.412. The molecule has 4 aromatic rings. The number of phenolic OH excluding ortho intramolecular Hbond substituents is 1. The highest BCUT2D eigenvalue weighted by molar-refractivity contribution is 7.80. The van der Waals surface area contributed by atoms with E-state index in [1.54, 1.807) is 30.5 Å². The number of aromatic nitrogens is 2. The quantitative estimate of drug-likeness (QED) is 0.248. The highest BCUT2D eigenvalue weighted by atomic mass is 35.5. The Balaban J connectivity index is 1.72. The molecule has 5 rings (SSSR count). The van der Waals surface area contributed by atoms with E-state index in [1.807, 2.05) is 59.7 Å². The van der Waals surface area contributed by atoms with Crippen LogP contribution in [0, 0.1) is 13.8 Å². The molecule has 7 nitrogen and oxygen atoms in total. The first kappa shape index (κ1) is 24.8. The third-order valence-corrected chi connectivity index (χ3v) is 7.18. The summed E-state index contributed by atoms with van der Waals surface area (Å²) in [5, 5.41) is 15.1. The van der Waals surface area contributed by atoms with Gasteiger partial charge in [-0.15, -0.1) is 0 Å². The number of esters is 1. The molecule has 1 aliphatic rings. The van der Waals surface area contributed by atoms with Crippen LogP contribution in [0.25, 0.3) is 5.69 Å². The predicted molar refractivity (Wildman–Crippen MR) is 148 cm³/mol. The second-order valence-corrected chi connectivity index (χ2v) is 9.62. The van der Waals surface area contributed by atoms with E-state index in [2.05, 4.69) is 16.4 Å². The van der Waals surface area contributed by atoms with Crippen molar-refractivity contribution in [3.8, 4) is 11.4 Å². The van der Waals surface area contributed by atoms with Gasteiger partial charge in [-0.05, 0) is 80.2 Å². The van der Waals surface area contributed by atoms with Gasteiger partial charge in [0, 0.05) is 22.6 Å². The fourth-order valence-electron chi connectivity index (χ4n) is 5.03. The molecule has 2 atom stereocenters. The van der Waals surface area contributed by atoms with Crippen LogP contribution in [0.15, 0.2) is 72.9 Å². The summed E-state index contributed by atoms with van der Waals surface area (Å²) in [7, 11) is 1.37. The number of nitrogens with zero attached hydrogens (tertiary/aromatic N) is 3. The largest absolute Gasteiger partial charge is 0.506 e. The number of hydrogen-bond donors (Lipinski definition) is 2. The first-order chi connectivity index (χ1) is 17.8. The Kier molecular flexibility index (Phi) is 6.62. The molecule has 1 saturated heterocycles. The number of nitrogens with one attached hydrogen (secondary N) is 1. The fourth-order valence-corrected chi connectivity index (χ4v) is 5.53. The third kappa shape index (κ3) is 4.32. The van der Waals surface area contributed by atoms with Crippen LogP contribution >= 0.6 is 23.8 Å². The predicted octanol–water partition coefficient (Wildman–Crippen LogP) is 5.81. The van der Waals surface area contributed by atoms with Crippen LogP contribution in [0.5, 0.6) is 5.75 Å². The normalized spacial score (nSPS) is 17.1. The number of para-hydroxylation sites is 1. The van der Waals surface area contributed by atoms with Crippen molar-refractivity contribution in [1.82, 2.24) is 14.9 Å². The van der Waals surface area contributed by atoms with E-state index in [9.17, 15) is 9.90 Å². The minimum absolute atomic E-state index is 0.0602. The number of rotatable bonds is 5. The lowest BCUT2D eigenvalue weighted by atomic mass is 9.96. The Hall–Kier alpha value is -3.88. The second-order valence-electron chi connectivity index (χ2n) is 8.80. The zero-order valence-corrected chi connectivity index (χ0v) is 22.0. The molecule has 0 spiro atoms. The van der Waals surface area contributed by atoms with Gasteiger partial charge in [-0.25, -0.2) is 4.79 Å². The van der Waals surface area contributed by atoms with Gasteiger partial charge >= 0.3 is 5.97 Å². The molecule has 0 radical (unpaired) electrons. The van der Waals surface area contributed by atoms with E-state index in [4.69, 9.17) is 28.6 Å². The molecular formula is C28H25ClN4O3S. The van der Waals surface area contributed by atoms with Gasteiger partial charge < -0.3 is 24.6 Å². The van der Waals surface area contributed by atoms with Crippen molar-refractivity contribution in [2.75, 3.05) is 12.0 Å². The maximum Gasteiger partial charge on any atom is 0.339 e. The van der Waals surface area contributed by atoms with Gasteiger partial charge in [-0.3, -0.25) is 4.98 Å². The molecule has 2 aromatic heterocycles. The fraction of sp³-hybridized carbons (Fsp3) is 0.179. The second kappa shape index (κ2) is 9.88. The molecule has 9 heteroatoms. The summed E-state index contributed by atoms with van der Waals surface area (Å²) in [5.74, 6) is -0.352. The number of carbonyl (C=O) groups is 1. The summed E-state index contributed by atoms with van der Waals surface area (Å²) in [6.07, 6.45) is 1.74. The molecule has 0 unspecified atom stereocenters. The maximum absolute atomic E-state index is 12.6. The number of aromatic hydroxyl groups is 1. The Morgan fingerprint density at radius 3 is 2.57 bits per heavy atom. The number of hydrogen-bond acceptors (Lipinski definition) is 5. The third-order valence-electron chi connectivity index (χ3n) is 6.63. The van der Waals surface area contributed by atoms with Crippen molar-refractivity contribution in [3.05, 3.63) is 106 Å². The van der Waals surface area contributed by atoms with Crippen molar-refractivity contribution in [1.29, 1.82) is 0 Å². The first-order valence-corrected chi connectivity index (χ1v) is 12.5. The maximum atomic E-state index is 12.6. The SMILES string of the molecule is COC(=O)c1ccccc1-n1c(C)cc([C@H]2[C@H](c3ccccn3)NC(=S)N2c2cc(Cl)ccc2O)c1C. The summed E-state index contributed by atoms with van der Waals surface area (Å²) in [6.45, 7) is 3.99. The van der Waals surface area contributed by atoms with E-state index in [1.165, 1.54) is 7.11 Å². The Morgan fingerprint density at radius 2 is 1.84 bits per heavy atom. The van der Waals surface area contributed by atoms with Gasteiger partial charge in [-0.2, -0.15) is 0 Å². The number of ether oxygens (including phenoxy) is 1. The van der Waals surface area contributed by atoms with Gasteiger partial charge in [0.25, 0.3) is 0 Å². The number of pyridine rings is 1. The van der Waals surface area contributed by atoms with Crippen LogP contribution in [-0.2, 0) is 4.74 Å². The van der Waals surface area contributed by atoms with Crippen LogP contribution in [0.4, 0.5) is 5.69 Å². The molecule has 2 N–H and O–H groups in total. The van der Waals surface area contributed by atoms with E-state index in [-0.39, 0.29) is 17.8 Å². The molecule has 1 fully saturated rings. The lowest BCUT2D eigenvalue weighted by Crippen LogP contribution is -2.29. The number of benzene rings is 2. The average Bonchev–Trinajstić information content (AvgIpc) is 3.40. The van der Waals surface area contributed by atoms with Gasteiger partial charge in [0.1, 0.15) is 5.75 Å². The van der Waals surface area contributed by atoms with Crippen molar-refractivity contribution in [2.24, 2.45) is 0 Å². The lowest BCUT2D eigenvalue weighted by molar-refractivity contribution is 0.0600. The summed E-state index contributed by atoms with van der Waals surface area (Å²) in [4.78, 5) is 19.0. The average molecular weight is 533 g/mol. The van der Waals surface area contributed by atoms with Gasteiger partial charge in [-0.1, -0.05) is 29.8 Å². The Labute approximate surface area is 225 Å². The number of thiocarbonyl (C=S) groups is 1. The highest BCUT2D eigenvalue weighted by Gasteiger charge is 2.43. The highest BCUT2D eigenvalue weighted by Crippen LogP contribution is 2.46. The van der Waals surface area contributed by atoms with Crippen molar-refractivity contribution in [2.45, 2.75) is 25.9 Å². The topological polar surface area (TPSA) is 79.6 Å². The summed E-state index contributed by atoms with van der Waals surface area (Å²) in [6, 6.07) is 19.4. The molecule has 37 heavy (non-hydrogen) atoms. The van der Waals surface area contributed by atoms with E-state index < -0.39 is 5.97 Å². The van der Waals surface area contributed by atoms with Gasteiger partial charge in [0.15, 0.2) is 5.11 Å². The van der Waals surface area contributed by atoms with E-state index in [0.717, 1.165) is 28.3 Å². The van der Waals surface area contributed by atoms with E-state index >= 15 is 0 Å². The zero-order valence-electron chi connectivity index (χ0n) is 20.5. The van der Waals surface area contributed by atoms with Crippen LogP contribution in [0.3, 0.4) is 0 Å². The minimum Gasteiger partial charge on any atom is -0.506 e. The number of carbonyl (C=O) groups excluding carboxylic acids is 1. The monoisotopic (exact) mass is 532 g/mol. The van der Waals surface area contributed by atoms with Gasteiger partial charge in [0.05, 0.1) is 41.8 Å². The molecule has 1 aliphatic heterocycles. The number of halogens is 1. The van der Waals surface area contributed by atoms with Gasteiger partial charge in [0.2, 0.25) is 0 Å². The first-order valence-electron chi connectivity index (χ1n) is 11.7. The summed E-state index contributed by atoms with van der Waals surface area (Å²) < 4.78 is 7.07. The number of methoxy groups -OCH3 is 1. The van der Waals surface area contributed by atoms with Crippen LogP contribution in [-0.4, -0.2) is 32.8 Å². The molecule has 188 valence electrons. The Bertz CT molecular complexity index is 1500. The smallest absolute Gasteiger partial charge is 0.339 e. The standard InChI is InChI=1S/C28H25ClN4O3S/c1-16-14-20(17(2)32(16)22-10-5-4-8-19(22)27(35)36-3)26-25(21-9-6-7-13-30-21)31-28(37)33(26)23-15-18(29)11-12-24(23)34/h4-15,25-26,34H,1-3H3,(H,31,37)/t25-,26-/m0/s1. The molecule has 0 amide bonds. The molecular weight excluding hydrogens is 508 g/mol. The Morgan fingerprint density at radius 1 is 1.08 bits per heavy atom. The molecule has 0 bridgehead atoms. The molecule has 0 aliphatic carbocycles.